The number of hydrogen-bond donors (Lipinski definition) is 0. The van der Waals surface area contributed by atoms with E-state index in [0.29, 0.717) is 4.83 Å². The number of methoxy groups -OCH3 is 1. The first kappa shape index (κ1) is 11.1. The van der Waals surface area contributed by atoms with Crippen LogP contribution in [0.25, 0.3) is 0 Å². The van der Waals surface area contributed by atoms with Crippen LogP contribution < -0.4 is 0 Å². The Bertz CT molecular complexity index is 302. The van der Waals surface area contributed by atoms with E-state index in [2.05, 4.69) is 28.1 Å². The average molecular weight is 271 g/mol. The second kappa shape index (κ2) is 5.10. The quantitative estimate of drug-likeness (QED) is 0.768. The summed E-state index contributed by atoms with van der Waals surface area (Å²) in [6.45, 7) is 0. The predicted molar refractivity (Wildman–Crippen MR) is 63.0 cm³/mol. The zero-order valence-electron chi connectivity index (χ0n) is 8.73. The molecule has 1 aromatic rings. The minimum atomic E-state index is -0.135. The average Bonchev–Trinajstić information content (AvgIpc) is 2.31. The molecule has 1 aliphatic rings. The SMILES string of the molecule is COC1OC(c2ccccc2)CCC1Br. The molecule has 82 valence electrons. The molecule has 3 unspecified atom stereocenters. The monoisotopic (exact) mass is 270 g/mol. The second-order valence-electron chi connectivity index (χ2n) is 3.73. The summed E-state index contributed by atoms with van der Waals surface area (Å²) >= 11 is 3.56. The first-order valence-corrected chi connectivity index (χ1v) is 6.10. The van der Waals surface area contributed by atoms with Gasteiger partial charge in [0.15, 0.2) is 6.29 Å². The summed E-state index contributed by atoms with van der Waals surface area (Å²) in [5, 5.41) is 0. The zero-order chi connectivity index (χ0) is 10.7. The molecule has 15 heavy (non-hydrogen) atoms. The maximum absolute atomic E-state index is 5.86. The molecule has 2 rings (SSSR count). The molecule has 1 heterocycles. The lowest BCUT2D eigenvalue weighted by Gasteiger charge is -2.32. The summed E-state index contributed by atoms with van der Waals surface area (Å²) in [5.74, 6) is 0. The Hall–Kier alpha value is -0.380. The van der Waals surface area contributed by atoms with Gasteiger partial charge in [-0.3, -0.25) is 0 Å². The maximum atomic E-state index is 5.86. The van der Waals surface area contributed by atoms with Crippen molar-refractivity contribution in [3.8, 4) is 0 Å². The second-order valence-corrected chi connectivity index (χ2v) is 4.91. The summed E-state index contributed by atoms with van der Waals surface area (Å²) in [6, 6.07) is 10.3. The Balaban J connectivity index is 2.06. The molecule has 2 nitrogen and oxygen atoms in total. The first-order valence-electron chi connectivity index (χ1n) is 5.18. The van der Waals surface area contributed by atoms with Crippen LogP contribution in [0.15, 0.2) is 30.3 Å². The molecule has 1 fully saturated rings. The van der Waals surface area contributed by atoms with Crippen LogP contribution in [0.3, 0.4) is 0 Å². The third-order valence-corrected chi connectivity index (χ3v) is 3.59. The number of ether oxygens (including phenoxy) is 2. The number of alkyl halides is 1. The van der Waals surface area contributed by atoms with Gasteiger partial charge < -0.3 is 9.47 Å². The summed E-state index contributed by atoms with van der Waals surface area (Å²) in [7, 11) is 1.69. The van der Waals surface area contributed by atoms with Gasteiger partial charge in [-0.1, -0.05) is 46.3 Å². The minimum Gasteiger partial charge on any atom is -0.355 e. The smallest absolute Gasteiger partial charge is 0.170 e. The molecule has 1 aliphatic heterocycles. The fourth-order valence-corrected chi connectivity index (χ4v) is 2.48. The van der Waals surface area contributed by atoms with E-state index in [0.717, 1.165) is 12.8 Å². The molecule has 0 saturated carbocycles. The van der Waals surface area contributed by atoms with E-state index >= 15 is 0 Å². The van der Waals surface area contributed by atoms with Crippen LogP contribution >= 0.6 is 15.9 Å². The number of rotatable bonds is 2. The van der Waals surface area contributed by atoms with E-state index in [-0.39, 0.29) is 12.4 Å². The Morgan fingerprint density at radius 3 is 2.67 bits per heavy atom. The summed E-state index contributed by atoms with van der Waals surface area (Å²) in [6.07, 6.45) is 2.16. The fourth-order valence-electron chi connectivity index (χ4n) is 1.88. The van der Waals surface area contributed by atoms with Gasteiger partial charge in [0.25, 0.3) is 0 Å². The first-order chi connectivity index (χ1) is 7.31. The van der Waals surface area contributed by atoms with Gasteiger partial charge in [0.1, 0.15) is 0 Å². The van der Waals surface area contributed by atoms with Crippen molar-refractivity contribution in [2.24, 2.45) is 0 Å². The van der Waals surface area contributed by atoms with Crippen molar-refractivity contribution < 1.29 is 9.47 Å². The van der Waals surface area contributed by atoms with Crippen molar-refractivity contribution in [1.29, 1.82) is 0 Å². The van der Waals surface area contributed by atoms with Gasteiger partial charge in [0.2, 0.25) is 0 Å². The highest BCUT2D eigenvalue weighted by atomic mass is 79.9. The van der Waals surface area contributed by atoms with E-state index in [9.17, 15) is 0 Å². The predicted octanol–water partition coefficient (Wildman–Crippen LogP) is 3.27. The van der Waals surface area contributed by atoms with E-state index in [1.807, 2.05) is 18.2 Å². The highest BCUT2D eigenvalue weighted by Gasteiger charge is 2.29. The van der Waals surface area contributed by atoms with Crippen LogP contribution in [-0.2, 0) is 9.47 Å². The zero-order valence-corrected chi connectivity index (χ0v) is 10.3. The Morgan fingerprint density at radius 2 is 2.00 bits per heavy atom. The van der Waals surface area contributed by atoms with Crippen LogP contribution in [0, 0.1) is 0 Å². The van der Waals surface area contributed by atoms with Crippen LogP contribution in [0.5, 0.6) is 0 Å². The molecule has 0 N–H and O–H groups in total. The number of hydrogen-bond acceptors (Lipinski definition) is 2. The number of halogens is 1. The Labute approximate surface area is 98.7 Å². The standard InChI is InChI=1S/C12H15BrO2/c1-14-12-10(13)7-8-11(15-12)9-5-3-2-4-6-9/h2-6,10-12H,7-8H2,1H3. The van der Waals surface area contributed by atoms with Crippen LogP contribution in [0.2, 0.25) is 0 Å². The van der Waals surface area contributed by atoms with Crippen LogP contribution in [-0.4, -0.2) is 18.2 Å². The van der Waals surface area contributed by atoms with Crippen molar-refractivity contribution in [1.82, 2.24) is 0 Å². The van der Waals surface area contributed by atoms with Gasteiger partial charge in [-0.15, -0.1) is 0 Å². The molecule has 3 atom stereocenters. The van der Waals surface area contributed by atoms with Crippen molar-refractivity contribution in [3.05, 3.63) is 35.9 Å². The van der Waals surface area contributed by atoms with Crippen molar-refractivity contribution in [3.63, 3.8) is 0 Å². The largest absolute Gasteiger partial charge is 0.355 e. The van der Waals surface area contributed by atoms with Crippen molar-refractivity contribution in [2.75, 3.05) is 7.11 Å². The Morgan fingerprint density at radius 1 is 1.27 bits per heavy atom. The highest BCUT2D eigenvalue weighted by molar-refractivity contribution is 9.09. The molecule has 0 aliphatic carbocycles. The third kappa shape index (κ3) is 2.60. The lowest BCUT2D eigenvalue weighted by molar-refractivity contribution is -0.176. The molecule has 1 saturated heterocycles. The van der Waals surface area contributed by atoms with E-state index < -0.39 is 0 Å². The van der Waals surface area contributed by atoms with Crippen molar-refractivity contribution >= 4 is 15.9 Å². The fraction of sp³-hybridized carbons (Fsp3) is 0.500. The van der Waals surface area contributed by atoms with E-state index in [4.69, 9.17) is 9.47 Å². The lowest BCUT2D eigenvalue weighted by Crippen LogP contribution is -2.33. The Kier molecular flexibility index (Phi) is 3.78. The molecule has 0 bridgehead atoms. The highest BCUT2D eigenvalue weighted by Crippen LogP contribution is 2.34. The summed E-state index contributed by atoms with van der Waals surface area (Å²) < 4.78 is 11.2. The van der Waals surface area contributed by atoms with Gasteiger partial charge in [0, 0.05) is 7.11 Å². The molecule has 0 spiro atoms. The van der Waals surface area contributed by atoms with Gasteiger partial charge in [-0.25, -0.2) is 0 Å². The molecular formula is C12H15BrO2. The normalized spacial score (nSPS) is 31.5. The van der Waals surface area contributed by atoms with Crippen molar-refractivity contribution in [2.45, 2.75) is 30.1 Å². The van der Waals surface area contributed by atoms with Crippen LogP contribution in [0.4, 0.5) is 0 Å². The van der Waals surface area contributed by atoms with E-state index in [1.54, 1.807) is 7.11 Å². The molecule has 0 radical (unpaired) electrons. The third-order valence-electron chi connectivity index (χ3n) is 2.70. The molecule has 1 aromatic carbocycles. The summed E-state index contributed by atoms with van der Waals surface area (Å²) in [4.78, 5) is 0.308. The molecule has 3 heteroatoms. The summed E-state index contributed by atoms with van der Waals surface area (Å²) in [5.41, 5.74) is 1.24. The maximum Gasteiger partial charge on any atom is 0.170 e. The molecule has 0 amide bonds. The van der Waals surface area contributed by atoms with Crippen LogP contribution in [0.1, 0.15) is 24.5 Å². The van der Waals surface area contributed by atoms with Gasteiger partial charge >= 0.3 is 0 Å². The van der Waals surface area contributed by atoms with Gasteiger partial charge in [-0.05, 0) is 18.4 Å². The van der Waals surface area contributed by atoms with Gasteiger partial charge in [0.05, 0.1) is 10.9 Å². The van der Waals surface area contributed by atoms with E-state index in [1.165, 1.54) is 5.56 Å². The molecule has 0 aromatic heterocycles. The topological polar surface area (TPSA) is 18.5 Å². The molecular weight excluding hydrogens is 256 g/mol. The lowest BCUT2D eigenvalue weighted by atomic mass is 10.0. The van der Waals surface area contributed by atoms with Gasteiger partial charge in [-0.2, -0.15) is 0 Å². The minimum absolute atomic E-state index is 0.135. The number of benzene rings is 1.